The van der Waals surface area contributed by atoms with E-state index in [2.05, 4.69) is 0 Å². The molecule has 42 heavy (non-hydrogen) atoms. The molecule has 3 aromatic carbocycles. The molecule has 0 heterocycles. The smallest absolute Gasteiger partial charge is 0.417 e. The second-order valence-electron chi connectivity index (χ2n) is 10.7. The van der Waals surface area contributed by atoms with Gasteiger partial charge in [0.05, 0.1) is 25.5 Å². The lowest BCUT2D eigenvalue weighted by Gasteiger charge is -2.35. The van der Waals surface area contributed by atoms with Gasteiger partial charge < -0.3 is 19.5 Å². The van der Waals surface area contributed by atoms with E-state index in [9.17, 15) is 27.9 Å². The van der Waals surface area contributed by atoms with E-state index >= 15 is 4.39 Å². The monoisotopic (exact) mass is 587 g/mol. The lowest BCUT2D eigenvalue weighted by molar-refractivity contribution is -0.149. The van der Waals surface area contributed by atoms with Crippen molar-refractivity contribution in [2.45, 2.75) is 51.9 Å². The van der Waals surface area contributed by atoms with Crippen LogP contribution in [0.15, 0.2) is 54.6 Å². The highest BCUT2D eigenvalue weighted by Gasteiger charge is 2.45. The maximum Gasteiger partial charge on any atom is 0.417 e. The molecule has 1 aliphatic carbocycles. The average molecular weight is 588 g/mol. The minimum atomic E-state index is -4.89. The summed E-state index contributed by atoms with van der Waals surface area (Å²) < 4.78 is 70.5. The fourth-order valence-corrected chi connectivity index (χ4v) is 5.74. The summed E-state index contributed by atoms with van der Waals surface area (Å²) in [5, 5.41) is 9.43. The van der Waals surface area contributed by atoms with E-state index in [4.69, 9.17) is 9.47 Å². The van der Waals surface area contributed by atoms with Crippen LogP contribution in [0.5, 0.6) is 11.5 Å². The van der Waals surface area contributed by atoms with Gasteiger partial charge >= 0.3 is 12.1 Å². The van der Waals surface area contributed by atoms with Crippen LogP contribution in [-0.2, 0) is 28.9 Å². The van der Waals surface area contributed by atoms with Crippen molar-refractivity contribution in [3.05, 3.63) is 88.2 Å². The summed E-state index contributed by atoms with van der Waals surface area (Å²) in [5.41, 5.74) is -0.375. The number of carbonyl (C=O) groups excluding carboxylic acids is 1. The molecule has 3 atom stereocenters. The SMILES string of the molecule is COc1ccc(CN(Cc2ccc(OC)cc2)c2cc(C)c(C(F)(F)F)c([C@@H]3CC(=O)C(C(=O)O)C[C@H]3C)c2F)cc1. The van der Waals surface area contributed by atoms with Crippen LogP contribution in [0.2, 0.25) is 0 Å². The van der Waals surface area contributed by atoms with E-state index in [1.807, 2.05) is 0 Å². The van der Waals surface area contributed by atoms with Crippen molar-refractivity contribution >= 4 is 17.4 Å². The van der Waals surface area contributed by atoms with Crippen molar-refractivity contribution in [1.29, 1.82) is 0 Å². The third kappa shape index (κ3) is 6.53. The number of hydrogen-bond acceptors (Lipinski definition) is 5. The van der Waals surface area contributed by atoms with Crippen LogP contribution in [0.1, 0.15) is 53.5 Å². The number of alkyl halides is 3. The maximum absolute atomic E-state index is 16.7. The van der Waals surface area contributed by atoms with E-state index in [0.29, 0.717) is 11.5 Å². The van der Waals surface area contributed by atoms with Gasteiger partial charge in [-0.3, -0.25) is 9.59 Å². The number of carboxylic acids is 1. The van der Waals surface area contributed by atoms with Crippen molar-refractivity contribution in [3.8, 4) is 11.5 Å². The van der Waals surface area contributed by atoms with Crippen LogP contribution >= 0.6 is 0 Å². The number of ether oxygens (including phenoxy) is 2. The zero-order valence-electron chi connectivity index (χ0n) is 23.8. The summed E-state index contributed by atoms with van der Waals surface area (Å²) in [7, 11) is 3.06. The number of hydrogen-bond donors (Lipinski definition) is 1. The third-order valence-electron chi connectivity index (χ3n) is 7.94. The Hall–Kier alpha value is -4.08. The molecule has 1 fully saturated rings. The zero-order valence-corrected chi connectivity index (χ0v) is 23.8. The average Bonchev–Trinajstić information content (AvgIpc) is 2.94. The molecule has 6 nitrogen and oxygen atoms in total. The molecule has 0 bridgehead atoms. The Bertz CT molecular complexity index is 1390. The Balaban J connectivity index is 1.86. The van der Waals surface area contributed by atoms with Crippen LogP contribution < -0.4 is 14.4 Å². The van der Waals surface area contributed by atoms with Gasteiger partial charge in [0.1, 0.15) is 23.2 Å². The number of rotatable bonds is 9. The second kappa shape index (κ2) is 12.4. The molecule has 0 aliphatic heterocycles. The number of nitrogens with zero attached hydrogens (tertiary/aromatic N) is 1. The number of halogens is 4. The van der Waals surface area contributed by atoms with E-state index in [-0.39, 0.29) is 30.8 Å². The van der Waals surface area contributed by atoms with E-state index in [1.54, 1.807) is 60.4 Å². The number of aryl methyl sites for hydroxylation is 1. The van der Waals surface area contributed by atoms with Crippen molar-refractivity contribution in [3.63, 3.8) is 0 Å². The van der Waals surface area contributed by atoms with E-state index < -0.39 is 59.0 Å². The molecular formula is C32H33F4NO5. The van der Waals surface area contributed by atoms with Gasteiger partial charge in [-0.2, -0.15) is 13.2 Å². The van der Waals surface area contributed by atoms with E-state index in [0.717, 1.165) is 11.1 Å². The maximum atomic E-state index is 16.7. The zero-order chi connectivity index (χ0) is 30.8. The molecule has 4 rings (SSSR count). The number of Topliss-reactive ketones (excluding diaryl/α,β-unsaturated/α-hetero) is 1. The molecule has 0 amide bonds. The first-order valence-electron chi connectivity index (χ1n) is 13.5. The van der Waals surface area contributed by atoms with Crippen molar-refractivity contribution in [2.75, 3.05) is 19.1 Å². The molecule has 0 spiro atoms. The van der Waals surface area contributed by atoms with Gasteiger partial charge in [0.2, 0.25) is 0 Å². The number of carbonyl (C=O) groups is 2. The highest BCUT2D eigenvalue weighted by Crippen LogP contribution is 2.48. The predicted molar refractivity (Wildman–Crippen MR) is 149 cm³/mol. The molecule has 10 heteroatoms. The summed E-state index contributed by atoms with van der Waals surface area (Å²) in [5.74, 6) is -4.97. The Labute approximate surface area is 241 Å². The first-order valence-corrected chi connectivity index (χ1v) is 13.5. The van der Waals surface area contributed by atoms with Crippen LogP contribution in [0, 0.1) is 24.6 Å². The number of aliphatic carboxylic acids is 1. The quantitative estimate of drug-likeness (QED) is 0.212. The van der Waals surface area contributed by atoms with Gasteiger partial charge in [-0.05, 0) is 72.2 Å². The Morgan fingerprint density at radius 3 is 1.90 bits per heavy atom. The minimum Gasteiger partial charge on any atom is -0.497 e. The van der Waals surface area contributed by atoms with Gasteiger partial charge in [0, 0.05) is 25.1 Å². The van der Waals surface area contributed by atoms with E-state index in [1.165, 1.54) is 27.2 Å². The van der Waals surface area contributed by atoms with Crippen LogP contribution in [0.4, 0.5) is 23.2 Å². The summed E-state index contributed by atoms with van der Waals surface area (Å²) in [4.78, 5) is 25.9. The van der Waals surface area contributed by atoms with Gasteiger partial charge in [-0.1, -0.05) is 31.2 Å². The number of ketones is 1. The molecule has 224 valence electrons. The largest absolute Gasteiger partial charge is 0.497 e. The standard InChI is InChI=1S/C32H33F4NO5/c1-18-13-25(31(39)40)27(38)15-24(18)28-29(32(34,35)36)19(2)14-26(30(28)33)37(16-20-5-9-22(41-3)10-6-20)17-21-7-11-23(42-4)12-8-21/h5-12,14,18,24-25H,13,15-17H2,1-4H3,(H,39,40)/t18-,24-,25?/m1/s1. The molecule has 0 aromatic heterocycles. The van der Waals surface area contributed by atoms with Gasteiger partial charge in [-0.15, -0.1) is 0 Å². The van der Waals surface area contributed by atoms with Crippen LogP contribution in [0.3, 0.4) is 0 Å². The number of benzene rings is 3. The van der Waals surface area contributed by atoms with Gasteiger partial charge in [0.25, 0.3) is 0 Å². The molecule has 3 aromatic rings. The van der Waals surface area contributed by atoms with Crippen LogP contribution in [0.25, 0.3) is 0 Å². The summed E-state index contributed by atoms with van der Waals surface area (Å²) in [6.07, 6.45) is -5.54. The molecule has 1 aliphatic rings. The second-order valence-corrected chi connectivity index (χ2v) is 10.7. The highest BCUT2D eigenvalue weighted by atomic mass is 19.4. The Morgan fingerprint density at radius 1 is 0.976 bits per heavy atom. The minimum absolute atomic E-state index is 0.0397. The first kappa shape index (κ1) is 30.9. The topological polar surface area (TPSA) is 76.1 Å². The van der Waals surface area contributed by atoms with Gasteiger partial charge in [0.15, 0.2) is 5.82 Å². The predicted octanol–water partition coefficient (Wildman–Crippen LogP) is 7.16. The van der Waals surface area contributed by atoms with Crippen LogP contribution in [-0.4, -0.2) is 31.1 Å². The molecular weight excluding hydrogens is 554 g/mol. The summed E-state index contributed by atoms with van der Waals surface area (Å²) >= 11 is 0. The molecule has 0 radical (unpaired) electrons. The third-order valence-corrected chi connectivity index (χ3v) is 7.94. The normalized spacial score (nSPS) is 19.0. The molecule has 0 saturated heterocycles. The molecule has 1 unspecified atom stereocenters. The Kier molecular flexibility index (Phi) is 9.13. The fraction of sp³-hybridized carbons (Fsp3) is 0.375. The lowest BCUT2D eigenvalue weighted by Crippen LogP contribution is -2.36. The summed E-state index contributed by atoms with van der Waals surface area (Å²) in [6, 6.07) is 15.4. The summed E-state index contributed by atoms with van der Waals surface area (Å²) in [6.45, 7) is 3.18. The number of anilines is 1. The van der Waals surface area contributed by atoms with Gasteiger partial charge in [-0.25, -0.2) is 4.39 Å². The van der Waals surface area contributed by atoms with Crippen molar-refractivity contribution in [2.24, 2.45) is 11.8 Å². The number of methoxy groups -OCH3 is 2. The highest BCUT2D eigenvalue weighted by molar-refractivity contribution is 5.99. The number of carboxylic acid groups (broad SMARTS) is 1. The Morgan fingerprint density at radius 2 is 1.48 bits per heavy atom. The lowest BCUT2D eigenvalue weighted by atomic mass is 9.69. The fourth-order valence-electron chi connectivity index (χ4n) is 5.74. The van der Waals surface area contributed by atoms with Crippen molar-refractivity contribution in [1.82, 2.24) is 0 Å². The first-order chi connectivity index (χ1) is 19.8. The van der Waals surface area contributed by atoms with Crippen molar-refractivity contribution < 1.29 is 41.7 Å². The molecule has 1 saturated carbocycles. The molecule has 1 N–H and O–H groups in total.